The van der Waals surface area contributed by atoms with Gasteiger partial charge in [0.1, 0.15) is 11.4 Å². The Bertz CT molecular complexity index is 1020. The number of rotatable bonds is 9. The highest BCUT2D eigenvalue weighted by Crippen LogP contribution is 2.30. The molecule has 1 aromatic carbocycles. The summed E-state index contributed by atoms with van der Waals surface area (Å²) in [6.45, 7) is 7.82. The maximum absolute atomic E-state index is 13.3. The molecule has 172 valence electrons. The summed E-state index contributed by atoms with van der Waals surface area (Å²) < 4.78 is 12.4. The topological polar surface area (TPSA) is 89.9 Å². The molecule has 0 radical (unpaired) electrons. The lowest BCUT2D eigenvalue weighted by atomic mass is 10.1. The molecule has 1 heterocycles. The number of nitrogens with one attached hydrogen (secondary N) is 1. The maximum Gasteiger partial charge on any atom is 0.355 e. The van der Waals surface area contributed by atoms with Crippen LogP contribution in [-0.4, -0.2) is 53.1 Å². The molecule has 2 aromatic rings. The minimum Gasteiger partial charge on any atom is -0.492 e. The average molecular weight is 442 g/mol. The highest BCUT2D eigenvalue weighted by atomic mass is 16.5. The Labute approximate surface area is 188 Å². The summed E-state index contributed by atoms with van der Waals surface area (Å²) in [6, 6.07) is 6.90. The number of ketones is 1. The van der Waals surface area contributed by atoms with Crippen molar-refractivity contribution in [3.8, 4) is 5.75 Å². The lowest BCUT2D eigenvalue weighted by Gasteiger charge is -2.23. The molecule has 8 heteroatoms. The van der Waals surface area contributed by atoms with Gasteiger partial charge in [-0.25, -0.2) is 9.59 Å². The molecule has 32 heavy (non-hydrogen) atoms. The van der Waals surface area contributed by atoms with E-state index in [0.717, 1.165) is 12.8 Å². The first-order valence-electron chi connectivity index (χ1n) is 11.0. The summed E-state index contributed by atoms with van der Waals surface area (Å²) in [7, 11) is 1.74. The van der Waals surface area contributed by atoms with E-state index in [1.807, 2.05) is 19.1 Å². The number of hydrogen-bond donors (Lipinski definition) is 1. The second-order valence-electron chi connectivity index (χ2n) is 7.86. The molecule has 0 bridgehead atoms. The van der Waals surface area contributed by atoms with Crippen LogP contribution in [0.1, 0.15) is 58.8 Å². The van der Waals surface area contributed by atoms with Crippen molar-refractivity contribution in [2.45, 2.75) is 46.6 Å². The van der Waals surface area contributed by atoms with Gasteiger partial charge in [0.2, 0.25) is 0 Å². The van der Waals surface area contributed by atoms with E-state index < -0.39 is 5.97 Å². The monoisotopic (exact) mass is 441 g/mol. The van der Waals surface area contributed by atoms with Gasteiger partial charge in [0, 0.05) is 24.3 Å². The van der Waals surface area contributed by atoms with Crippen molar-refractivity contribution in [3.05, 3.63) is 46.8 Å². The molecule has 2 amide bonds. The molecule has 1 fully saturated rings. The predicted octanol–water partition coefficient (Wildman–Crippen LogP) is 4.10. The van der Waals surface area contributed by atoms with Gasteiger partial charge in [-0.05, 0) is 58.2 Å². The number of carbonyl (C=O) groups is 3. The van der Waals surface area contributed by atoms with Crippen LogP contribution in [0.2, 0.25) is 0 Å². The molecule has 3 rings (SSSR count). The molecular weight excluding hydrogens is 410 g/mol. The van der Waals surface area contributed by atoms with Crippen LogP contribution in [-0.2, 0) is 11.8 Å². The highest BCUT2D eigenvalue weighted by molar-refractivity contribution is 6.05. The quantitative estimate of drug-likeness (QED) is 0.467. The number of Topliss-reactive ketones (excluding diaryl/α,β-unsaturated/α-hetero) is 1. The van der Waals surface area contributed by atoms with Gasteiger partial charge in [-0.3, -0.25) is 4.79 Å². The maximum atomic E-state index is 13.3. The summed E-state index contributed by atoms with van der Waals surface area (Å²) in [4.78, 5) is 40.3. The first-order valence-corrected chi connectivity index (χ1v) is 11.0. The average Bonchev–Trinajstić information content (AvgIpc) is 3.55. The molecule has 8 nitrogen and oxygen atoms in total. The van der Waals surface area contributed by atoms with Gasteiger partial charge >= 0.3 is 12.0 Å². The minimum atomic E-state index is -0.459. The standard InChI is InChI=1S/C24H31N3O5/c1-6-31-20-11-9-8-10-18(20)25-24(30)27(17-12-13-17)14-19(28)21-15(3)22(23(29)32-7-2)26(5)16(21)4/h8-11,17H,6-7,12-14H2,1-5H3,(H,25,30). The van der Waals surface area contributed by atoms with Crippen molar-refractivity contribution in [1.82, 2.24) is 9.47 Å². The number of para-hydroxylation sites is 2. The Balaban J connectivity index is 1.82. The van der Waals surface area contributed by atoms with E-state index in [4.69, 9.17) is 9.47 Å². The summed E-state index contributed by atoms with van der Waals surface area (Å²) in [6.07, 6.45) is 1.71. The van der Waals surface area contributed by atoms with E-state index in [2.05, 4.69) is 5.32 Å². The molecule has 1 aromatic heterocycles. The van der Waals surface area contributed by atoms with Crippen molar-refractivity contribution in [2.24, 2.45) is 7.05 Å². The van der Waals surface area contributed by atoms with Crippen LogP contribution in [0.3, 0.4) is 0 Å². The van der Waals surface area contributed by atoms with Crippen LogP contribution < -0.4 is 10.1 Å². The third-order valence-electron chi connectivity index (χ3n) is 5.67. The van der Waals surface area contributed by atoms with Crippen molar-refractivity contribution >= 4 is 23.5 Å². The fourth-order valence-corrected chi connectivity index (χ4v) is 3.90. The lowest BCUT2D eigenvalue weighted by Crippen LogP contribution is -2.40. The van der Waals surface area contributed by atoms with E-state index in [1.165, 1.54) is 0 Å². The lowest BCUT2D eigenvalue weighted by molar-refractivity contribution is 0.0514. The molecule has 0 atom stereocenters. The number of esters is 1. The Morgan fingerprint density at radius 3 is 2.44 bits per heavy atom. The molecule has 0 saturated heterocycles. The zero-order chi connectivity index (χ0) is 23.4. The number of aromatic nitrogens is 1. The molecular formula is C24H31N3O5. The second kappa shape index (κ2) is 9.89. The van der Waals surface area contributed by atoms with Gasteiger partial charge in [-0.1, -0.05) is 12.1 Å². The van der Waals surface area contributed by atoms with Gasteiger partial charge in [-0.2, -0.15) is 0 Å². The minimum absolute atomic E-state index is 0.0204. The zero-order valence-electron chi connectivity index (χ0n) is 19.4. The van der Waals surface area contributed by atoms with Gasteiger partial charge < -0.3 is 24.3 Å². The number of nitrogens with zero attached hydrogens (tertiary/aromatic N) is 2. The highest BCUT2D eigenvalue weighted by Gasteiger charge is 2.36. The molecule has 0 unspecified atom stereocenters. The molecule has 1 saturated carbocycles. The molecule has 1 aliphatic rings. The smallest absolute Gasteiger partial charge is 0.355 e. The van der Waals surface area contributed by atoms with Gasteiger partial charge in [0.15, 0.2) is 5.78 Å². The number of carbonyl (C=O) groups excluding carboxylic acids is 3. The number of ether oxygens (including phenoxy) is 2. The van der Waals surface area contributed by atoms with Crippen LogP contribution in [0.25, 0.3) is 0 Å². The fourth-order valence-electron chi connectivity index (χ4n) is 3.90. The second-order valence-corrected chi connectivity index (χ2v) is 7.86. The van der Waals surface area contributed by atoms with Crippen molar-refractivity contribution in [2.75, 3.05) is 25.1 Å². The van der Waals surface area contributed by atoms with Crippen molar-refractivity contribution in [1.29, 1.82) is 0 Å². The fraction of sp³-hybridized carbons (Fsp3) is 0.458. The van der Waals surface area contributed by atoms with Crippen LogP contribution in [0.4, 0.5) is 10.5 Å². The van der Waals surface area contributed by atoms with Gasteiger partial charge in [0.25, 0.3) is 0 Å². The summed E-state index contributed by atoms with van der Waals surface area (Å²) in [5.41, 5.74) is 2.64. The predicted molar refractivity (Wildman–Crippen MR) is 122 cm³/mol. The first kappa shape index (κ1) is 23.4. The normalized spacial score (nSPS) is 12.9. The Morgan fingerprint density at radius 1 is 1.12 bits per heavy atom. The molecule has 1 aliphatic carbocycles. The number of amides is 2. The van der Waals surface area contributed by atoms with E-state index in [0.29, 0.717) is 40.6 Å². The van der Waals surface area contributed by atoms with E-state index >= 15 is 0 Å². The molecule has 0 spiro atoms. The number of anilines is 1. The van der Waals surface area contributed by atoms with Crippen LogP contribution >= 0.6 is 0 Å². The molecule has 0 aliphatic heterocycles. The number of benzene rings is 1. The zero-order valence-corrected chi connectivity index (χ0v) is 19.4. The SMILES string of the molecule is CCOC(=O)c1c(C)c(C(=O)CN(C(=O)Nc2ccccc2OCC)C2CC2)c(C)n1C. The Kier molecular flexibility index (Phi) is 7.22. The first-order chi connectivity index (χ1) is 15.3. The van der Waals surface area contributed by atoms with Gasteiger partial charge in [-0.15, -0.1) is 0 Å². The summed E-state index contributed by atoms with van der Waals surface area (Å²) >= 11 is 0. The molecule has 1 N–H and O–H groups in total. The Hall–Kier alpha value is -3.29. The van der Waals surface area contributed by atoms with Crippen LogP contribution in [0.5, 0.6) is 5.75 Å². The largest absolute Gasteiger partial charge is 0.492 e. The van der Waals surface area contributed by atoms with Crippen molar-refractivity contribution < 1.29 is 23.9 Å². The van der Waals surface area contributed by atoms with E-state index in [9.17, 15) is 14.4 Å². The van der Waals surface area contributed by atoms with Crippen LogP contribution in [0, 0.1) is 13.8 Å². The summed E-state index contributed by atoms with van der Waals surface area (Å²) in [5.74, 6) is -0.0792. The number of urea groups is 1. The summed E-state index contributed by atoms with van der Waals surface area (Å²) in [5, 5.41) is 2.88. The van der Waals surface area contributed by atoms with Crippen molar-refractivity contribution in [3.63, 3.8) is 0 Å². The van der Waals surface area contributed by atoms with E-state index in [1.54, 1.807) is 49.4 Å². The third-order valence-corrected chi connectivity index (χ3v) is 5.67. The van der Waals surface area contributed by atoms with Crippen LogP contribution in [0.15, 0.2) is 24.3 Å². The Morgan fingerprint density at radius 2 is 1.81 bits per heavy atom. The van der Waals surface area contributed by atoms with E-state index in [-0.39, 0.29) is 31.0 Å². The number of hydrogen-bond acceptors (Lipinski definition) is 5. The van der Waals surface area contributed by atoms with Gasteiger partial charge in [0.05, 0.1) is 25.4 Å². The third kappa shape index (κ3) is 4.79.